The molecule has 0 unspecified atom stereocenters. The monoisotopic (exact) mass is 249 g/mol. The summed E-state index contributed by atoms with van der Waals surface area (Å²) in [7, 11) is 3.10. The zero-order valence-electron chi connectivity index (χ0n) is 10.3. The quantitative estimate of drug-likeness (QED) is 0.772. The predicted octanol–water partition coefficient (Wildman–Crippen LogP) is 0.954. The Balaban J connectivity index is 2.22. The normalized spacial score (nSPS) is 11.1. The van der Waals surface area contributed by atoms with Crippen LogP contribution in [0.25, 0.3) is 10.9 Å². The molecular formula is C12H15N3O3. The molecule has 0 aliphatic heterocycles. The number of nitrogens with one attached hydrogen (secondary N) is 2. The van der Waals surface area contributed by atoms with Crippen LogP contribution in [0.3, 0.4) is 0 Å². The third kappa shape index (κ3) is 2.66. The summed E-state index contributed by atoms with van der Waals surface area (Å²) in [5.74, 6) is 0.401. The number of hydrogen-bond acceptors (Lipinski definition) is 5. The van der Waals surface area contributed by atoms with Crippen LogP contribution in [-0.2, 0) is 9.47 Å². The summed E-state index contributed by atoms with van der Waals surface area (Å²) in [4.78, 5) is 18.7. The highest BCUT2D eigenvalue weighted by atomic mass is 16.7. The number of fused-ring (bicyclic) bond motifs is 1. The molecule has 0 saturated carbocycles. The Morgan fingerprint density at radius 1 is 1.33 bits per heavy atom. The first-order chi connectivity index (χ1) is 8.74. The number of hydrogen-bond donors (Lipinski definition) is 2. The van der Waals surface area contributed by atoms with Gasteiger partial charge in [-0.2, -0.15) is 0 Å². The minimum Gasteiger partial charge on any atom is -0.354 e. The Morgan fingerprint density at radius 2 is 2.06 bits per heavy atom. The van der Waals surface area contributed by atoms with Gasteiger partial charge in [0, 0.05) is 14.2 Å². The zero-order valence-corrected chi connectivity index (χ0v) is 10.3. The second kappa shape index (κ2) is 5.61. The molecule has 0 radical (unpaired) electrons. The summed E-state index contributed by atoms with van der Waals surface area (Å²) in [5, 5.41) is 3.53. The lowest BCUT2D eigenvalue weighted by atomic mass is 10.2. The number of aromatic amines is 1. The topological polar surface area (TPSA) is 76.2 Å². The molecule has 0 aliphatic carbocycles. The van der Waals surface area contributed by atoms with Gasteiger partial charge in [-0.25, -0.2) is 4.98 Å². The third-order valence-corrected chi connectivity index (χ3v) is 2.57. The van der Waals surface area contributed by atoms with Gasteiger partial charge in [0.25, 0.3) is 5.56 Å². The summed E-state index contributed by atoms with van der Waals surface area (Å²) < 4.78 is 10.1. The average Bonchev–Trinajstić information content (AvgIpc) is 2.40. The van der Waals surface area contributed by atoms with Gasteiger partial charge in [0.05, 0.1) is 17.4 Å². The Morgan fingerprint density at radius 3 is 2.78 bits per heavy atom. The van der Waals surface area contributed by atoms with E-state index in [2.05, 4.69) is 15.3 Å². The molecule has 96 valence electrons. The molecule has 2 N–H and O–H groups in total. The lowest BCUT2D eigenvalue weighted by molar-refractivity contribution is -0.0914. The van der Waals surface area contributed by atoms with E-state index in [1.54, 1.807) is 32.4 Å². The van der Waals surface area contributed by atoms with E-state index >= 15 is 0 Å². The Hall–Kier alpha value is -1.92. The third-order valence-electron chi connectivity index (χ3n) is 2.57. The van der Waals surface area contributed by atoms with Crippen LogP contribution in [0.5, 0.6) is 0 Å². The molecule has 0 amide bonds. The SMILES string of the molecule is COC(CNc1nc2ccccc2c(=O)[nH]1)OC. The van der Waals surface area contributed by atoms with E-state index in [1.165, 1.54) is 0 Å². The highest BCUT2D eigenvalue weighted by molar-refractivity contribution is 5.78. The molecular weight excluding hydrogens is 234 g/mol. The van der Waals surface area contributed by atoms with Crippen molar-refractivity contribution in [3.63, 3.8) is 0 Å². The summed E-state index contributed by atoms with van der Waals surface area (Å²) >= 11 is 0. The maximum absolute atomic E-state index is 11.8. The molecule has 0 bridgehead atoms. The first kappa shape index (κ1) is 12.5. The first-order valence-electron chi connectivity index (χ1n) is 5.53. The van der Waals surface area contributed by atoms with Crippen molar-refractivity contribution in [3.05, 3.63) is 34.6 Å². The molecule has 1 aromatic heterocycles. The second-order valence-electron chi connectivity index (χ2n) is 3.71. The summed E-state index contributed by atoms with van der Waals surface area (Å²) in [6.07, 6.45) is -0.387. The molecule has 0 atom stereocenters. The molecule has 2 rings (SSSR count). The second-order valence-corrected chi connectivity index (χ2v) is 3.71. The molecule has 6 heteroatoms. The van der Waals surface area contributed by atoms with Gasteiger partial charge in [-0.3, -0.25) is 9.78 Å². The number of ether oxygens (including phenoxy) is 2. The summed E-state index contributed by atoms with van der Waals surface area (Å²) in [6.45, 7) is 0.397. The van der Waals surface area contributed by atoms with Gasteiger partial charge in [0.2, 0.25) is 5.95 Å². The van der Waals surface area contributed by atoms with Crippen molar-refractivity contribution < 1.29 is 9.47 Å². The van der Waals surface area contributed by atoms with Gasteiger partial charge in [-0.05, 0) is 12.1 Å². The highest BCUT2D eigenvalue weighted by Gasteiger charge is 2.07. The summed E-state index contributed by atoms with van der Waals surface area (Å²) in [6, 6.07) is 7.17. The average molecular weight is 249 g/mol. The number of anilines is 1. The van der Waals surface area contributed by atoms with E-state index in [1.807, 2.05) is 6.07 Å². The van der Waals surface area contributed by atoms with Crippen molar-refractivity contribution in [3.8, 4) is 0 Å². The molecule has 6 nitrogen and oxygen atoms in total. The van der Waals surface area contributed by atoms with E-state index < -0.39 is 0 Å². The fraction of sp³-hybridized carbons (Fsp3) is 0.333. The molecule has 2 aromatic rings. The number of H-pyrrole nitrogens is 1. The van der Waals surface area contributed by atoms with E-state index in [0.717, 1.165) is 0 Å². The minimum atomic E-state index is -0.387. The molecule has 0 aliphatic rings. The Bertz CT molecular complexity index is 578. The van der Waals surface area contributed by atoms with Gasteiger partial charge < -0.3 is 14.8 Å². The molecule has 1 aromatic carbocycles. The van der Waals surface area contributed by atoms with Crippen LogP contribution in [0.2, 0.25) is 0 Å². The van der Waals surface area contributed by atoms with Crippen LogP contribution >= 0.6 is 0 Å². The lowest BCUT2D eigenvalue weighted by Crippen LogP contribution is -2.25. The van der Waals surface area contributed by atoms with Crippen LogP contribution in [0.4, 0.5) is 5.95 Å². The van der Waals surface area contributed by atoms with Crippen LogP contribution < -0.4 is 10.9 Å². The van der Waals surface area contributed by atoms with E-state index in [0.29, 0.717) is 23.4 Å². The van der Waals surface area contributed by atoms with Crippen LogP contribution in [0.15, 0.2) is 29.1 Å². The fourth-order valence-corrected chi connectivity index (χ4v) is 1.61. The van der Waals surface area contributed by atoms with Crippen LogP contribution in [0, 0.1) is 0 Å². The maximum atomic E-state index is 11.8. The van der Waals surface area contributed by atoms with Crippen molar-refractivity contribution >= 4 is 16.9 Å². The largest absolute Gasteiger partial charge is 0.354 e. The van der Waals surface area contributed by atoms with Crippen molar-refractivity contribution in [1.29, 1.82) is 0 Å². The standard InChI is InChI=1S/C12H15N3O3/c1-17-10(18-2)7-13-12-14-9-6-4-3-5-8(9)11(16)15-12/h3-6,10H,7H2,1-2H3,(H2,13,14,15,16). The number of para-hydroxylation sites is 1. The Labute approximate surface area is 104 Å². The molecule has 18 heavy (non-hydrogen) atoms. The van der Waals surface area contributed by atoms with Gasteiger partial charge in [0.15, 0.2) is 6.29 Å². The van der Waals surface area contributed by atoms with Gasteiger partial charge in [-0.1, -0.05) is 12.1 Å². The molecule has 0 fully saturated rings. The van der Waals surface area contributed by atoms with Crippen molar-refractivity contribution in [2.24, 2.45) is 0 Å². The predicted molar refractivity (Wildman–Crippen MR) is 68.7 cm³/mol. The zero-order chi connectivity index (χ0) is 13.0. The lowest BCUT2D eigenvalue weighted by Gasteiger charge is -2.14. The van der Waals surface area contributed by atoms with Crippen LogP contribution in [0.1, 0.15) is 0 Å². The molecule has 0 spiro atoms. The first-order valence-corrected chi connectivity index (χ1v) is 5.53. The molecule has 0 saturated heterocycles. The number of rotatable bonds is 5. The number of nitrogens with zero attached hydrogens (tertiary/aromatic N) is 1. The minimum absolute atomic E-state index is 0.172. The molecule has 1 heterocycles. The number of benzene rings is 1. The fourth-order valence-electron chi connectivity index (χ4n) is 1.61. The Kier molecular flexibility index (Phi) is 3.91. The van der Waals surface area contributed by atoms with E-state index in [4.69, 9.17) is 9.47 Å². The highest BCUT2D eigenvalue weighted by Crippen LogP contribution is 2.07. The van der Waals surface area contributed by atoms with Crippen molar-refractivity contribution in [2.45, 2.75) is 6.29 Å². The smallest absolute Gasteiger partial charge is 0.260 e. The maximum Gasteiger partial charge on any atom is 0.260 e. The van der Waals surface area contributed by atoms with E-state index in [-0.39, 0.29) is 11.8 Å². The van der Waals surface area contributed by atoms with Gasteiger partial charge >= 0.3 is 0 Å². The van der Waals surface area contributed by atoms with Crippen LogP contribution in [-0.4, -0.2) is 37.0 Å². The van der Waals surface area contributed by atoms with E-state index in [9.17, 15) is 4.79 Å². The van der Waals surface area contributed by atoms with Crippen molar-refractivity contribution in [1.82, 2.24) is 9.97 Å². The number of methoxy groups -OCH3 is 2. The van der Waals surface area contributed by atoms with Gasteiger partial charge in [0.1, 0.15) is 0 Å². The number of aromatic nitrogens is 2. The van der Waals surface area contributed by atoms with Crippen molar-refractivity contribution in [2.75, 3.05) is 26.1 Å². The van der Waals surface area contributed by atoms with Gasteiger partial charge in [-0.15, -0.1) is 0 Å². The summed E-state index contributed by atoms with van der Waals surface area (Å²) in [5.41, 5.74) is 0.476.